The highest BCUT2D eigenvalue weighted by molar-refractivity contribution is 5.86. The summed E-state index contributed by atoms with van der Waals surface area (Å²) in [4.78, 5) is 11.8. The van der Waals surface area contributed by atoms with E-state index in [2.05, 4.69) is 12.2 Å². The van der Waals surface area contributed by atoms with Crippen molar-refractivity contribution in [3.05, 3.63) is 0 Å². The normalized spacial score (nSPS) is 28.1. The zero-order valence-electron chi connectivity index (χ0n) is 11.2. The number of carbonyl (C=O) groups is 1. The molecule has 0 aromatic rings. The molecule has 3 heteroatoms. The van der Waals surface area contributed by atoms with Gasteiger partial charge in [0.05, 0.1) is 0 Å². The van der Waals surface area contributed by atoms with Crippen molar-refractivity contribution in [2.24, 2.45) is 11.1 Å². The van der Waals surface area contributed by atoms with Gasteiger partial charge in [-0.3, -0.25) is 4.79 Å². The third-order valence-electron chi connectivity index (χ3n) is 5.05. The minimum atomic E-state index is -0.512. The number of nitrogens with two attached hydrogens (primary N) is 1. The Labute approximate surface area is 105 Å². The van der Waals surface area contributed by atoms with E-state index in [1.165, 1.54) is 38.5 Å². The van der Waals surface area contributed by atoms with Crippen molar-refractivity contribution in [1.82, 2.24) is 5.32 Å². The van der Waals surface area contributed by atoms with Crippen molar-refractivity contribution in [2.45, 2.75) is 76.8 Å². The van der Waals surface area contributed by atoms with Gasteiger partial charge in [0.2, 0.25) is 5.91 Å². The Morgan fingerprint density at radius 1 is 1.24 bits per heavy atom. The number of hydrogen-bond acceptors (Lipinski definition) is 2. The third-order valence-corrected chi connectivity index (χ3v) is 5.05. The molecule has 1 unspecified atom stereocenters. The molecule has 2 aliphatic carbocycles. The van der Waals surface area contributed by atoms with Gasteiger partial charge in [0.15, 0.2) is 0 Å². The average molecular weight is 238 g/mol. The highest BCUT2D eigenvalue weighted by Crippen LogP contribution is 2.53. The number of carbonyl (C=O) groups excluding carboxylic acids is 1. The van der Waals surface area contributed by atoms with Crippen LogP contribution in [-0.2, 0) is 4.79 Å². The van der Waals surface area contributed by atoms with Crippen LogP contribution < -0.4 is 11.1 Å². The van der Waals surface area contributed by atoms with Crippen LogP contribution in [0.15, 0.2) is 0 Å². The van der Waals surface area contributed by atoms with Crippen molar-refractivity contribution < 1.29 is 4.79 Å². The van der Waals surface area contributed by atoms with Gasteiger partial charge in [-0.15, -0.1) is 0 Å². The minimum Gasteiger partial charge on any atom is -0.368 e. The first-order valence-corrected chi connectivity index (χ1v) is 7.06. The predicted octanol–water partition coefficient (Wildman–Crippen LogP) is 2.34. The van der Waals surface area contributed by atoms with Gasteiger partial charge in [-0.2, -0.15) is 0 Å². The molecule has 0 spiro atoms. The van der Waals surface area contributed by atoms with E-state index in [1.807, 2.05) is 6.92 Å². The standard InChI is InChI=1S/C14H26N2O/c1-13(9-10-13)14(2,12(15)17)16-11-7-5-3-4-6-8-11/h11,16H,3-10H2,1-2H3,(H2,15,17). The van der Waals surface area contributed by atoms with Gasteiger partial charge in [0.25, 0.3) is 0 Å². The quantitative estimate of drug-likeness (QED) is 0.739. The highest BCUT2D eigenvalue weighted by Gasteiger charge is 2.56. The lowest BCUT2D eigenvalue weighted by Gasteiger charge is -2.37. The van der Waals surface area contributed by atoms with E-state index in [-0.39, 0.29) is 11.3 Å². The molecule has 2 saturated carbocycles. The van der Waals surface area contributed by atoms with Crippen LogP contribution in [0.4, 0.5) is 0 Å². The smallest absolute Gasteiger partial charge is 0.238 e. The summed E-state index contributed by atoms with van der Waals surface area (Å²) in [5, 5.41) is 3.60. The SMILES string of the molecule is CC1(C(C)(NC2CCCCCC2)C(N)=O)CC1. The Kier molecular flexibility index (Phi) is 3.48. The molecule has 1 atom stereocenters. The summed E-state index contributed by atoms with van der Waals surface area (Å²) in [5.41, 5.74) is 5.23. The van der Waals surface area contributed by atoms with Crippen LogP contribution in [-0.4, -0.2) is 17.5 Å². The molecule has 1 amide bonds. The van der Waals surface area contributed by atoms with Crippen LogP contribution in [0.5, 0.6) is 0 Å². The lowest BCUT2D eigenvalue weighted by Crippen LogP contribution is -2.61. The van der Waals surface area contributed by atoms with E-state index in [4.69, 9.17) is 5.73 Å². The molecule has 0 aliphatic heterocycles. The van der Waals surface area contributed by atoms with E-state index in [0.29, 0.717) is 6.04 Å². The second kappa shape index (κ2) is 4.60. The monoisotopic (exact) mass is 238 g/mol. The van der Waals surface area contributed by atoms with Crippen molar-refractivity contribution in [3.8, 4) is 0 Å². The molecule has 2 rings (SSSR count). The number of nitrogens with one attached hydrogen (secondary N) is 1. The fourth-order valence-corrected chi connectivity index (χ4v) is 3.06. The molecule has 98 valence electrons. The molecule has 2 fully saturated rings. The van der Waals surface area contributed by atoms with Crippen LogP contribution in [0.2, 0.25) is 0 Å². The van der Waals surface area contributed by atoms with Gasteiger partial charge in [0.1, 0.15) is 5.54 Å². The van der Waals surface area contributed by atoms with E-state index < -0.39 is 5.54 Å². The molecule has 0 radical (unpaired) electrons. The van der Waals surface area contributed by atoms with Crippen LogP contribution in [0.1, 0.15) is 65.2 Å². The van der Waals surface area contributed by atoms with Gasteiger partial charge in [-0.1, -0.05) is 32.6 Å². The first kappa shape index (κ1) is 12.9. The third kappa shape index (κ3) is 2.49. The molecule has 3 N–H and O–H groups in total. The molecule has 2 aliphatic rings. The molecule has 0 heterocycles. The zero-order chi connectivity index (χ0) is 12.5. The Bertz CT molecular complexity index is 291. The molecular formula is C14H26N2O. The van der Waals surface area contributed by atoms with E-state index >= 15 is 0 Å². The summed E-state index contributed by atoms with van der Waals surface area (Å²) >= 11 is 0. The lowest BCUT2D eigenvalue weighted by molar-refractivity contribution is -0.126. The molecule has 0 aromatic carbocycles. The largest absolute Gasteiger partial charge is 0.368 e. The molecule has 0 saturated heterocycles. The molecule has 17 heavy (non-hydrogen) atoms. The fraction of sp³-hybridized carbons (Fsp3) is 0.929. The highest BCUT2D eigenvalue weighted by atomic mass is 16.1. The van der Waals surface area contributed by atoms with Crippen molar-refractivity contribution >= 4 is 5.91 Å². The number of hydrogen-bond donors (Lipinski definition) is 2. The van der Waals surface area contributed by atoms with Crippen LogP contribution in [0, 0.1) is 5.41 Å². The van der Waals surface area contributed by atoms with Crippen LogP contribution >= 0.6 is 0 Å². The molecule has 0 bridgehead atoms. The summed E-state index contributed by atoms with van der Waals surface area (Å²) in [6, 6.07) is 0.479. The van der Waals surface area contributed by atoms with Crippen molar-refractivity contribution in [3.63, 3.8) is 0 Å². The summed E-state index contributed by atoms with van der Waals surface area (Å²) in [5.74, 6) is -0.179. The Morgan fingerprint density at radius 2 is 1.76 bits per heavy atom. The van der Waals surface area contributed by atoms with E-state index in [9.17, 15) is 4.79 Å². The molecule has 0 aromatic heterocycles. The second-order valence-corrected chi connectivity index (χ2v) is 6.38. The Balaban J connectivity index is 2.04. The maximum Gasteiger partial charge on any atom is 0.238 e. The van der Waals surface area contributed by atoms with E-state index in [1.54, 1.807) is 0 Å². The first-order valence-electron chi connectivity index (χ1n) is 7.06. The molecular weight excluding hydrogens is 212 g/mol. The van der Waals surface area contributed by atoms with Gasteiger partial charge in [-0.25, -0.2) is 0 Å². The van der Waals surface area contributed by atoms with Crippen LogP contribution in [0.25, 0.3) is 0 Å². The first-order chi connectivity index (χ1) is 7.98. The number of rotatable bonds is 4. The maximum absolute atomic E-state index is 11.8. The van der Waals surface area contributed by atoms with Gasteiger partial charge >= 0.3 is 0 Å². The number of amides is 1. The van der Waals surface area contributed by atoms with Crippen molar-refractivity contribution in [2.75, 3.05) is 0 Å². The summed E-state index contributed by atoms with van der Waals surface area (Å²) < 4.78 is 0. The molecule has 3 nitrogen and oxygen atoms in total. The summed E-state index contributed by atoms with van der Waals surface area (Å²) in [7, 11) is 0. The number of primary amides is 1. The fourth-order valence-electron chi connectivity index (χ4n) is 3.06. The summed E-state index contributed by atoms with van der Waals surface area (Å²) in [6.45, 7) is 4.19. The Hall–Kier alpha value is -0.570. The average Bonchev–Trinajstić information content (AvgIpc) is 3.04. The summed E-state index contributed by atoms with van der Waals surface area (Å²) in [6.07, 6.45) is 9.86. The van der Waals surface area contributed by atoms with Crippen molar-refractivity contribution in [1.29, 1.82) is 0 Å². The predicted molar refractivity (Wildman–Crippen MR) is 69.6 cm³/mol. The van der Waals surface area contributed by atoms with Crippen LogP contribution in [0.3, 0.4) is 0 Å². The van der Waals surface area contributed by atoms with E-state index in [0.717, 1.165) is 12.8 Å². The van der Waals surface area contributed by atoms with Gasteiger partial charge < -0.3 is 11.1 Å². The second-order valence-electron chi connectivity index (χ2n) is 6.38. The Morgan fingerprint density at radius 3 is 2.18 bits per heavy atom. The van der Waals surface area contributed by atoms with Gasteiger partial charge in [-0.05, 0) is 38.0 Å². The van der Waals surface area contributed by atoms with Gasteiger partial charge in [0, 0.05) is 6.04 Å². The zero-order valence-corrected chi connectivity index (χ0v) is 11.2. The topological polar surface area (TPSA) is 55.1 Å². The minimum absolute atomic E-state index is 0.0884. The maximum atomic E-state index is 11.8. The lowest BCUT2D eigenvalue weighted by atomic mass is 9.82.